The van der Waals surface area contributed by atoms with Crippen LogP contribution >= 0.6 is 0 Å². The van der Waals surface area contributed by atoms with Crippen LogP contribution in [-0.2, 0) is 17.3 Å². The highest BCUT2D eigenvalue weighted by Crippen LogP contribution is 2.03. The number of hydrogen-bond donors (Lipinski definition) is 1. The van der Waals surface area contributed by atoms with Crippen LogP contribution in [0.25, 0.3) is 0 Å². The van der Waals surface area contributed by atoms with Crippen molar-refractivity contribution in [2.45, 2.75) is 13.0 Å². The van der Waals surface area contributed by atoms with E-state index in [-0.39, 0.29) is 0 Å². The molecule has 0 aromatic carbocycles. The van der Waals surface area contributed by atoms with Gasteiger partial charge in [0.1, 0.15) is 0 Å². The number of allylic oxidation sites excluding steroid dienone is 1. The fourth-order valence-corrected chi connectivity index (χ4v) is 1.79. The van der Waals surface area contributed by atoms with E-state index in [0.717, 1.165) is 31.2 Å². The van der Waals surface area contributed by atoms with Gasteiger partial charge in [-0.25, -0.2) is 4.98 Å². The fourth-order valence-electron chi connectivity index (χ4n) is 1.24. The third-order valence-corrected chi connectivity index (χ3v) is 2.80. The van der Waals surface area contributed by atoms with Crippen molar-refractivity contribution in [1.82, 2.24) is 9.55 Å². The zero-order chi connectivity index (χ0) is 11.1. The topological polar surface area (TPSA) is 46.9 Å². The minimum atomic E-state index is -0.706. The van der Waals surface area contributed by atoms with Gasteiger partial charge in [0.05, 0.1) is 0 Å². The molecular weight excluding hydrogens is 210 g/mol. The predicted molar refractivity (Wildman–Crippen MR) is 64.5 cm³/mol. The van der Waals surface area contributed by atoms with Crippen molar-refractivity contribution in [2.24, 2.45) is 0 Å². The number of aromatic nitrogens is 2. The van der Waals surface area contributed by atoms with Crippen LogP contribution in [0, 0.1) is 0 Å². The van der Waals surface area contributed by atoms with Crippen molar-refractivity contribution in [3.05, 3.63) is 25.0 Å². The van der Waals surface area contributed by atoms with Crippen LogP contribution in [-0.4, -0.2) is 32.3 Å². The maximum Gasteiger partial charge on any atom is 0.203 e. The van der Waals surface area contributed by atoms with Gasteiger partial charge in [-0.05, 0) is 6.42 Å². The summed E-state index contributed by atoms with van der Waals surface area (Å²) in [5.74, 6) is 1.58. The Morgan fingerprint density at radius 3 is 3.20 bits per heavy atom. The van der Waals surface area contributed by atoms with E-state index >= 15 is 0 Å². The minimum absolute atomic E-state index is 0.706. The number of hydrogen-bond acceptors (Lipinski definition) is 3. The second-order valence-corrected chi connectivity index (χ2v) is 4.80. The summed E-state index contributed by atoms with van der Waals surface area (Å²) < 4.78 is 12.8. The molecule has 0 aliphatic carbocycles. The van der Waals surface area contributed by atoms with Crippen molar-refractivity contribution in [3.8, 4) is 0 Å². The van der Waals surface area contributed by atoms with Crippen molar-refractivity contribution in [2.75, 3.05) is 23.9 Å². The van der Waals surface area contributed by atoms with E-state index in [2.05, 4.69) is 16.9 Å². The smallest absolute Gasteiger partial charge is 0.203 e. The molecule has 0 aliphatic rings. The van der Waals surface area contributed by atoms with Gasteiger partial charge in [0.15, 0.2) is 0 Å². The van der Waals surface area contributed by atoms with Crippen LogP contribution in [0.5, 0.6) is 0 Å². The lowest BCUT2D eigenvalue weighted by molar-refractivity contribution is 0.684. The Labute approximate surface area is 92.9 Å². The van der Waals surface area contributed by atoms with Gasteiger partial charge < -0.3 is 9.88 Å². The minimum Gasteiger partial charge on any atom is -0.356 e. The number of imidazole rings is 1. The summed E-state index contributed by atoms with van der Waals surface area (Å²) in [6, 6.07) is 0. The molecule has 1 heterocycles. The molecule has 0 saturated heterocycles. The molecule has 1 atom stereocenters. The lowest BCUT2D eigenvalue weighted by atomic mass is 10.5. The third kappa shape index (κ3) is 4.29. The Kier molecular flexibility index (Phi) is 5.10. The Morgan fingerprint density at radius 1 is 1.73 bits per heavy atom. The highest BCUT2D eigenvalue weighted by Gasteiger charge is 1.99. The molecule has 1 N–H and O–H groups in total. The summed E-state index contributed by atoms with van der Waals surface area (Å²) in [4.78, 5) is 4.18. The molecule has 84 valence electrons. The van der Waals surface area contributed by atoms with Crippen molar-refractivity contribution >= 4 is 16.7 Å². The molecule has 0 radical (unpaired) electrons. The summed E-state index contributed by atoms with van der Waals surface area (Å²) >= 11 is 0. The van der Waals surface area contributed by atoms with Gasteiger partial charge in [-0.2, -0.15) is 0 Å². The normalized spacial score (nSPS) is 12.3. The first kappa shape index (κ1) is 12.0. The standard InChI is InChI=1S/C10H17N3OS/c1-3-7-13-8-6-12-10(13)11-5-4-9-15(2)14/h3,6,8H,1,4-5,7,9H2,2H3,(H,11,12). The Bertz CT molecular complexity index is 335. The molecule has 5 heteroatoms. The molecule has 0 aliphatic heterocycles. The molecule has 0 fully saturated rings. The van der Waals surface area contributed by atoms with Crippen molar-refractivity contribution in [3.63, 3.8) is 0 Å². The Balaban J connectivity index is 2.33. The molecule has 0 saturated carbocycles. The van der Waals surface area contributed by atoms with Gasteiger partial charge in [0.25, 0.3) is 0 Å². The van der Waals surface area contributed by atoms with Gasteiger partial charge >= 0.3 is 0 Å². The maximum atomic E-state index is 10.8. The van der Waals surface area contributed by atoms with Crippen molar-refractivity contribution in [1.29, 1.82) is 0 Å². The van der Waals surface area contributed by atoms with Crippen LogP contribution < -0.4 is 5.32 Å². The van der Waals surface area contributed by atoms with Gasteiger partial charge in [-0.3, -0.25) is 4.21 Å². The molecule has 0 amide bonds. The highest BCUT2D eigenvalue weighted by atomic mass is 32.2. The van der Waals surface area contributed by atoms with Crippen LogP contribution in [0.4, 0.5) is 5.95 Å². The molecule has 1 unspecified atom stereocenters. The molecule has 0 spiro atoms. The van der Waals surface area contributed by atoms with E-state index in [9.17, 15) is 4.21 Å². The molecule has 15 heavy (non-hydrogen) atoms. The van der Waals surface area contributed by atoms with Gasteiger partial charge in [-0.15, -0.1) is 6.58 Å². The van der Waals surface area contributed by atoms with Gasteiger partial charge in [0, 0.05) is 48.3 Å². The van der Waals surface area contributed by atoms with E-state index in [1.54, 1.807) is 12.5 Å². The number of nitrogens with zero attached hydrogens (tertiary/aromatic N) is 2. The molecule has 1 rings (SSSR count). The first-order valence-corrected chi connectivity index (χ1v) is 6.62. The van der Waals surface area contributed by atoms with Crippen LogP contribution in [0.1, 0.15) is 6.42 Å². The SMILES string of the molecule is C=CCn1ccnc1NCCCS(C)=O. The zero-order valence-electron chi connectivity index (χ0n) is 8.98. The second kappa shape index (κ2) is 6.40. The first-order valence-electron chi connectivity index (χ1n) is 4.90. The lowest BCUT2D eigenvalue weighted by Gasteiger charge is -2.07. The van der Waals surface area contributed by atoms with Crippen LogP contribution in [0.15, 0.2) is 25.0 Å². The van der Waals surface area contributed by atoms with E-state index in [0.29, 0.717) is 0 Å². The van der Waals surface area contributed by atoms with Crippen LogP contribution in [0.3, 0.4) is 0 Å². The molecule has 1 aromatic heterocycles. The number of rotatable bonds is 7. The van der Waals surface area contributed by atoms with E-state index < -0.39 is 10.8 Å². The predicted octanol–water partition coefficient (Wildman–Crippen LogP) is 1.25. The zero-order valence-corrected chi connectivity index (χ0v) is 9.80. The molecule has 4 nitrogen and oxygen atoms in total. The maximum absolute atomic E-state index is 10.8. The van der Waals surface area contributed by atoms with E-state index in [1.165, 1.54) is 0 Å². The third-order valence-electron chi connectivity index (χ3n) is 1.93. The average molecular weight is 227 g/mol. The lowest BCUT2D eigenvalue weighted by Crippen LogP contribution is -2.10. The monoisotopic (exact) mass is 227 g/mol. The van der Waals surface area contributed by atoms with Crippen LogP contribution in [0.2, 0.25) is 0 Å². The fraction of sp³-hybridized carbons (Fsp3) is 0.500. The quantitative estimate of drug-likeness (QED) is 0.563. The largest absolute Gasteiger partial charge is 0.356 e. The molecule has 0 bridgehead atoms. The second-order valence-electron chi connectivity index (χ2n) is 3.25. The Morgan fingerprint density at radius 2 is 2.53 bits per heavy atom. The Hall–Kier alpha value is -1.10. The molecular formula is C10H17N3OS. The van der Waals surface area contributed by atoms with Gasteiger partial charge in [0.2, 0.25) is 5.95 Å². The molecule has 1 aromatic rings. The summed E-state index contributed by atoms with van der Waals surface area (Å²) in [5.41, 5.74) is 0. The highest BCUT2D eigenvalue weighted by molar-refractivity contribution is 7.84. The van der Waals surface area contributed by atoms with E-state index in [4.69, 9.17) is 0 Å². The summed E-state index contributed by atoms with van der Waals surface area (Å²) in [6.07, 6.45) is 8.10. The summed E-state index contributed by atoms with van der Waals surface area (Å²) in [6.45, 7) is 5.23. The first-order chi connectivity index (χ1) is 7.24. The summed E-state index contributed by atoms with van der Waals surface area (Å²) in [7, 11) is -0.706. The van der Waals surface area contributed by atoms with Crippen molar-refractivity contribution < 1.29 is 4.21 Å². The number of nitrogens with one attached hydrogen (secondary N) is 1. The average Bonchev–Trinajstić information content (AvgIpc) is 2.61. The summed E-state index contributed by atoms with van der Waals surface area (Å²) in [5, 5.41) is 3.20. The van der Waals surface area contributed by atoms with E-state index in [1.807, 2.05) is 16.8 Å². The number of anilines is 1. The van der Waals surface area contributed by atoms with Gasteiger partial charge in [-0.1, -0.05) is 6.08 Å².